The Morgan fingerprint density at radius 3 is 2.84 bits per heavy atom. The first-order chi connectivity index (χ1) is 9.15. The molecule has 1 fully saturated rings. The minimum Gasteiger partial charge on any atom is -0.492 e. The van der Waals surface area contributed by atoms with Crippen LogP contribution in [-0.2, 0) is 4.79 Å². The lowest BCUT2D eigenvalue weighted by molar-refractivity contribution is -0.138. The molecule has 104 valence electrons. The molecule has 0 spiro atoms. The minimum absolute atomic E-state index is 0.172. The molecular weight excluding hydrogens is 310 g/mol. The third-order valence-corrected chi connectivity index (χ3v) is 3.90. The lowest BCUT2D eigenvalue weighted by atomic mass is 10.1. The molecule has 2 rings (SSSR count). The minimum atomic E-state index is -0.717. The van der Waals surface area contributed by atoms with Crippen LogP contribution in [0.25, 0.3) is 0 Å². The Labute approximate surface area is 121 Å². The number of hydrogen-bond donors (Lipinski definition) is 1. The number of nitrogens with zero attached hydrogens (tertiary/aromatic N) is 1. The maximum absolute atomic E-state index is 10.8. The number of hydrogen-bond acceptors (Lipinski definition) is 3. The molecule has 19 heavy (non-hydrogen) atoms. The van der Waals surface area contributed by atoms with E-state index in [1.165, 1.54) is 0 Å². The predicted octanol–water partition coefficient (Wildman–Crippen LogP) is 2.77. The highest BCUT2D eigenvalue weighted by atomic mass is 79.9. The van der Waals surface area contributed by atoms with Crippen LogP contribution < -0.4 is 4.74 Å². The van der Waals surface area contributed by atoms with Gasteiger partial charge in [-0.3, -0.25) is 9.69 Å². The van der Waals surface area contributed by atoms with Crippen molar-refractivity contribution < 1.29 is 14.6 Å². The van der Waals surface area contributed by atoms with Crippen molar-refractivity contribution in [2.75, 3.05) is 19.7 Å². The smallest absolute Gasteiger partial charge is 0.304 e. The van der Waals surface area contributed by atoms with Crippen LogP contribution in [0.1, 0.15) is 19.3 Å². The summed E-state index contributed by atoms with van der Waals surface area (Å²) in [5.41, 5.74) is 0. The summed E-state index contributed by atoms with van der Waals surface area (Å²) < 4.78 is 6.69. The van der Waals surface area contributed by atoms with Crippen molar-refractivity contribution in [1.29, 1.82) is 0 Å². The van der Waals surface area contributed by atoms with Crippen LogP contribution in [0.4, 0.5) is 0 Å². The average Bonchev–Trinajstić information content (AvgIpc) is 2.78. The molecule has 5 heteroatoms. The third kappa shape index (κ3) is 4.51. The van der Waals surface area contributed by atoms with E-state index in [1.54, 1.807) is 0 Å². The molecule has 0 bridgehead atoms. The summed E-state index contributed by atoms with van der Waals surface area (Å²) >= 11 is 3.38. The van der Waals surface area contributed by atoms with Crippen molar-refractivity contribution in [3.8, 4) is 5.75 Å². The molecule has 1 aromatic carbocycles. The summed E-state index contributed by atoms with van der Waals surface area (Å²) in [5, 5.41) is 8.86. The van der Waals surface area contributed by atoms with Crippen LogP contribution in [0.2, 0.25) is 0 Å². The van der Waals surface area contributed by atoms with Crippen LogP contribution in [0.15, 0.2) is 28.7 Å². The average molecular weight is 328 g/mol. The van der Waals surface area contributed by atoms with Crippen molar-refractivity contribution in [2.24, 2.45) is 0 Å². The van der Waals surface area contributed by atoms with Gasteiger partial charge in [0.15, 0.2) is 0 Å². The summed E-state index contributed by atoms with van der Waals surface area (Å²) in [7, 11) is 0. The second-order valence-corrected chi connectivity index (χ2v) is 5.65. The maximum atomic E-state index is 10.8. The predicted molar refractivity (Wildman–Crippen MR) is 76.5 cm³/mol. The van der Waals surface area contributed by atoms with Gasteiger partial charge in [-0.2, -0.15) is 0 Å². The number of carboxylic acid groups (broad SMARTS) is 1. The zero-order chi connectivity index (χ0) is 13.7. The van der Waals surface area contributed by atoms with Crippen LogP contribution in [0, 0.1) is 0 Å². The number of halogens is 1. The normalized spacial score (nSPS) is 19.5. The second-order valence-electron chi connectivity index (χ2n) is 4.73. The molecule has 1 unspecified atom stereocenters. The van der Waals surface area contributed by atoms with Crippen molar-refractivity contribution in [2.45, 2.75) is 25.3 Å². The highest BCUT2D eigenvalue weighted by Gasteiger charge is 2.26. The molecule has 1 N–H and O–H groups in total. The van der Waals surface area contributed by atoms with Gasteiger partial charge in [0.1, 0.15) is 12.4 Å². The van der Waals surface area contributed by atoms with Gasteiger partial charge in [-0.15, -0.1) is 0 Å². The first-order valence-electron chi connectivity index (χ1n) is 6.49. The van der Waals surface area contributed by atoms with E-state index in [2.05, 4.69) is 20.8 Å². The maximum Gasteiger partial charge on any atom is 0.304 e. The molecule has 0 radical (unpaired) electrons. The van der Waals surface area contributed by atoms with Crippen molar-refractivity contribution in [1.82, 2.24) is 4.90 Å². The number of benzene rings is 1. The number of carboxylic acids is 1. The van der Waals surface area contributed by atoms with Gasteiger partial charge in [-0.25, -0.2) is 0 Å². The fourth-order valence-corrected chi connectivity index (χ4v) is 2.70. The fraction of sp³-hybridized carbons (Fsp3) is 0.500. The van der Waals surface area contributed by atoms with Crippen molar-refractivity contribution >= 4 is 21.9 Å². The number of aliphatic carboxylic acids is 1. The van der Waals surface area contributed by atoms with E-state index in [0.29, 0.717) is 6.61 Å². The van der Waals surface area contributed by atoms with Gasteiger partial charge in [-0.1, -0.05) is 15.9 Å². The fourth-order valence-electron chi connectivity index (χ4n) is 2.43. The Hall–Kier alpha value is -1.07. The van der Waals surface area contributed by atoms with E-state index in [0.717, 1.165) is 36.2 Å². The Bertz CT molecular complexity index is 421. The summed E-state index contributed by atoms with van der Waals surface area (Å²) in [4.78, 5) is 13.0. The van der Waals surface area contributed by atoms with Gasteiger partial charge in [0, 0.05) is 17.1 Å². The first-order valence-corrected chi connectivity index (χ1v) is 7.28. The Morgan fingerprint density at radius 2 is 2.16 bits per heavy atom. The zero-order valence-corrected chi connectivity index (χ0v) is 12.3. The van der Waals surface area contributed by atoms with Gasteiger partial charge in [0.05, 0.1) is 6.42 Å². The van der Waals surface area contributed by atoms with Crippen LogP contribution in [0.3, 0.4) is 0 Å². The van der Waals surface area contributed by atoms with Crippen molar-refractivity contribution in [3.05, 3.63) is 28.7 Å². The van der Waals surface area contributed by atoms with Crippen LogP contribution in [-0.4, -0.2) is 41.7 Å². The van der Waals surface area contributed by atoms with Crippen LogP contribution >= 0.6 is 15.9 Å². The second kappa shape index (κ2) is 6.91. The topological polar surface area (TPSA) is 49.8 Å². The summed E-state index contributed by atoms with van der Waals surface area (Å²) in [6.45, 7) is 2.35. The van der Waals surface area contributed by atoms with E-state index in [-0.39, 0.29) is 12.5 Å². The summed E-state index contributed by atoms with van der Waals surface area (Å²) in [6.07, 6.45) is 2.29. The molecule has 1 atom stereocenters. The molecule has 1 aliphatic heterocycles. The van der Waals surface area contributed by atoms with E-state index in [1.807, 2.05) is 24.3 Å². The van der Waals surface area contributed by atoms with Gasteiger partial charge in [-0.05, 0) is 43.7 Å². The molecule has 0 aliphatic carbocycles. The molecule has 1 heterocycles. The van der Waals surface area contributed by atoms with E-state index < -0.39 is 5.97 Å². The van der Waals surface area contributed by atoms with Gasteiger partial charge in [0.2, 0.25) is 0 Å². The van der Waals surface area contributed by atoms with Crippen molar-refractivity contribution in [3.63, 3.8) is 0 Å². The standard InChI is InChI=1S/C14H18BrNO3/c15-11-3-5-13(6-4-11)19-9-8-16-7-1-2-12(16)10-14(17)18/h3-6,12H,1-2,7-10H2,(H,17,18). The summed E-state index contributed by atoms with van der Waals surface area (Å²) in [6, 6.07) is 7.90. The van der Waals surface area contributed by atoms with E-state index in [9.17, 15) is 4.79 Å². The molecule has 4 nitrogen and oxygen atoms in total. The largest absolute Gasteiger partial charge is 0.492 e. The highest BCUT2D eigenvalue weighted by molar-refractivity contribution is 9.10. The number of rotatable bonds is 6. The molecule has 1 aliphatic rings. The molecular formula is C14H18BrNO3. The molecule has 1 saturated heterocycles. The molecule has 1 aromatic rings. The third-order valence-electron chi connectivity index (χ3n) is 3.37. The monoisotopic (exact) mass is 327 g/mol. The SMILES string of the molecule is O=C(O)CC1CCCN1CCOc1ccc(Br)cc1. The number of carbonyl (C=O) groups is 1. The van der Waals surface area contributed by atoms with Gasteiger partial charge >= 0.3 is 5.97 Å². The van der Waals surface area contributed by atoms with Gasteiger partial charge in [0.25, 0.3) is 0 Å². The Morgan fingerprint density at radius 1 is 1.42 bits per heavy atom. The van der Waals surface area contributed by atoms with E-state index in [4.69, 9.17) is 9.84 Å². The number of likely N-dealkylation sites (tertiary alicyclic amines) is 1. The number of ether oxygens (including phenoxy) is 1. The zero-order valence-electron chi connectivity index (χ0n) is 10.7. The molecule has 0 amide bonds. The molecule has 0 saturated carbocycles. The first kappa shape index (κ1) is 14.3. The lowest BCUT2D eigenvalue weighted by Gasteiger charge is -2.22. The quantitative estimate of drug-likeness (QED) is 0.872. The molecule has 0 aromatic heterocycles. The highest BCUT2D eigenvalue weighted by Crippen LogP contribution is 2.20. The lowest BCUT2D eigenvalue weighted by Crippen LogP contribution is -2.34. The Balaban J connectivity index is 1.75. The van der Waals surface area contributed by atoms with E-state index >= 15 is 0 Å². The van der Waals surface area contributed by atoms with Crippen LogP contribution in [0.5, 0.6) is 5.75 Å². The van der Waals surface area contributed by atoms with Gasteiger partial charge < -0.3 is 9.84 Å². The Kier molecular flexibility index (Phi) is 5.22. The summed E-state index contributed by atoms with van der Waals surface area (Å²) in [5.74, 6) is 0.128.